The number of methoxy groups -OCH3 is 2. The number of aldehydes is 1. The van der Waals surface area contributed by atoms with Gasteiger partial charge in [0.15, 0.2) is 18.8 Å². The van der Waals surface area contributed by atoms with E-state index in [1.165, 1.54) is 20.3 Å². The molecule has 0 spiro atoms. The fourth-order valence-electron chi connectivity index (χ4n) is 1.16. The maximum Gasteiger partial charge on any atom is 0.260 e. The van der Waals surface area contributed by atoms with Gasteiger partial charge in [-0.2, -0.15) is 4.98 Å². The Hall–Kier alpha value is -1.82. The van der Waals surface area contributed by atoms with Crippen LogP contribution in [-0.4, -0.2) is 38.9 Å². The van der Waals surface area contributed by atoms with E-state index < -0.39 is 0 Å². The summed E-state index contributed by atoms with van der Waals surface area (Å²) in [6, 6.07) is 1.47. The van der Waals surface area contributed by atoms with Gasteiger partial charge in [-0.1, -0.05) is 0 Å². The van der Waals surface area contributed by atoms with E-state index in [1.54, 1.807) is 0 Å². The minimum Gasteiger partial charge on any atom is -0.481 e. The third-order valence-electron chi connectivity index (χ3n) is 1.97. The van der Waals surface area contributed by atoms with Crippen LogP contribution in [0.2, 0.25) is 0 Å². The number of ether oxygens (including phenoxy) is 4. The maximum atomic E-state index is 10.9. The highest BCUT2D eigenvalue weighted by atomic mass is 16.7. The number of hydrogen-bond acceptors (Lipinski definition) is 6. The Labute approximate surface area is 99.5 Å². The molecule has 1 aromatic rings. The molecule has 1 aromatic heterocycles. The molecule has 0 bridgehead atoms. The van der Waals surface area contributed by atoms with E-state index in [0.29, 0.717) is 18.5 Å². The topological polar surface area (TPSA) is 66.9 Å². The summed E-state index contributed by atoms with van der Waals surface area (Å²) in [7, 11) is 2.89. The average molecular weight is 241 g/mol. The smallest absolute Gasteiger partial charge is 0.260 e. The fourth-order valence-corrected chi connectivity index (χ4v) is 1.16. The molecule has 0 aliphatic rings. The third kappa shape index (κ3) is 3.32. The molecular formula is C11H15NO5. The van der Waals surface area contributed by atoms with Crippen LogP contribution in [0.3, 0.4) is 0 Å². The Balaban J connectivity index is 3.02. The van der Waals surface area contributed by atoms with Gasteiger partial charge in [-0.05, 0) is 6.92 Å². The second kappa shape index (κ2) is 6.70. The highest BCUT2D eigenvalue weighted by Gasteiger charge is 2.15. The lowest BCUT2D eigenvalue weighted by Gasteiger charge is -2.12. The van der Waals surface area contributed by atoms with Crippen LogP contribution in [0.25, 0.3) is 0 Å². The Morgan fingerprint density at radius 2 is 2.12 bits per heavy atom. The second-order valence-electron chi connectivity index (χ2n) is 2.97. The van der Waals surface area contributed by atoms with Gasteiger partial charge in [-0.3, -0.25) is 4.79 Å². The molecule has 0 fully saturated rings. The average Bonchev–Trinajstić information content (AvgIpc) is 2.38. The fraction of sp³-hybridized carbons (Fsp3) is 0.455. The van der Waals surface area contributed by atoms with Crippen LogP contribution >= 0.6 is 0 Å². The van der Waals surface area contributed by atoms with E-state index in [2.05, 4.69) is 4.98 Å². The Bertz CT molecular complexity index is 380. The van der Waals surface area contributed by atoms with E-state index in [-0.39, 0.29) is 24.3 Å². The van der Waals surface area contributed by atoms with Gasteiger partial charge in [-0.15, -0.1) is 0 Å². The van der Waals surface area contributed by atoms with Crippen molar-refractivity contribution >= 4 is 6.29 Å². The summed E-state index contributed by atoms with van der Waals surface area (Å²) in [6.07, 6.45) is 0.647. The van der Waals surface area contributed by atoms with Gasteiger partial charge in [0.05, 0.1) is 19.8 Å². The minimum atomic E-state index is 0.0295. The lowest BCUT2D eigenvalue weighted by Crippen LogP contribution is -2.07. The molecule has 0 saturated carbocycles. The standard InChI is InChI=1S/C11H15NO5/c1-4-16-7-17-10-8(6-13)5-9(14-2)12-11(10)15-3/h5-6H,4,7H2,1-3H3. The highest BCUT2D eigenvalue weighted by Crippen LogP contribution is 2.31. The molecule has 6 heteroatoms. The number of carbonyl (C=O) groups excluding carboxylic acids is 1. The monoisotopic (exact) mass is 241 g/mol. The maximum absolute atomic E-state index is 10.9. The van der Waals surface area contributed by atoms with Crippen LogP contribution < -0.4 is 14.2 Å². The number of hydrogen-bond donors (Lipinski definition) is 0. The van der Waals surface area contributed by atoms with Crippen LogP contribution in [0.15, 0.2) is 6.07 Å². The van der Waals surface area contributed by atoms with E-state index in [9.17, 15) is 4.79 Å². The number of rotatable bonds is 7. The third-order valence-corrected chi connectivity index (χ3v) is 1.97. The molecule has 94 valence electrons. The van der Waals surface area contributed by atoms with Crippen LogP contribution in [0, 0.1) is 0 Å². The summed E-state index contributed by atoms with van der Waals surface area (Å²) in [6.45, 7) is 2.39. The van der Waals surface area contributed by atoms with Crippen LogP contribution in [0.5, 0.6) is 17.5 Å². The minimum absolute atomic E-state index is 0.0295. The normalized spacial score (nSPS) is 9.82. The number of pyridine rings is 1. The zero-order valence-corrected chi connectivity index (χ0v) is 10.1. The van der Waals surface area contributed by atoms with E-state index in [4.69, 9.17) is 18.9 Å². The van der Waals surface area contributed by atoms with Gasteiger partial charge < -0.3 is 18.9 Å². The van der Waals surface area contributed by atoms with E-state index in [0.717, 1.165) is 0 Å². The van der Waals surface area contributed by atoms with Crippen LogP contribution in [0.4, 0.5) is 0 Å². The van der Waals surface area contributed by atoms with Crippen molar-refractivity contribution in [3.05, 3.63) is 11.6 Å². The van der Waals surface area contributed by atoms with Crippen molar-refractivity contribution < 1.29 is 23.7 Å². The molecule has 0 atom stereocenters. The van der Waals surface area contributed by atoms with Crippen molar-refractivity contribution in [3.63, 3.8) is 0 Å². The second-order valence-corrected chi connectivity index (χ2v) is 2.97. The van der Waals surface area contributed by atoms with Gasteiger partial charge >= 0.3 is 0 Å². The molecule has 0 unspecified atom stereocenters. The summed E-state index contributed by atoms with van der Waals surface area (Å²) in [5.74, 6) is 0.718. The van der Waals surface area contributed by atoms with Gasteiger partial charge in [0, 0.05) is 12.7 Å². The predicted octanol–water partition coefficient (Wildman–Crippen LogP) is 1.28. The Kier molecular flexibility index (Phi) is 5.22. The summed E-state index contributed by atoms with van der Waals surface area (Å²) >= 11 is 0. The Morgan fingerprint density at radius 3 is 2.65 bits per heavy atom. The van der Waals surface area contributed by atoms with Gasteiger partial charge in [0.1, 0.15) is 0 Å². The zero-order chi connectivity index (χ0) is 12.7. The number of carbonyl (C=O) groups is 1. The number of nitrogens with zero attached hydrogens (tertiary/aromatic N) is 1. The SMILES string of the molecule is CCOCOc1c(C=O)cc(OC)nc1OC. The quantitative estimate of drug-likeness (QED) is 0.407. The van der Waals surface area contributed by atoms with Crippen molar-refractivity contribution in [1.82, 2.24) is 4.98 Å². The van der Waals surface area contributed by atoms with Crippen molar-refractivity contribution in [2.45, 2.75) is 6.92 Å². The summed E-state index contributed by atoms with van der Waals surface area (Å²) in [5, 5.41) is 0. The lowest BCUT2D eigenvalue weighted by molar-refractivity contribution is 0.0200. The summed E-state index contributed by atoms with van der Waals surface area (Å²) < 4.78 is 20.3. The first-order valence-electron chi connectivity index (χ1n) is 5.05. The zero-order valence-electron chi connectivity index (χ0n) is 10.1. The van der Waals surface area contributed by atoms with E-state index >= 15 is 0 Å². The molecule has 0 aromatic carbocycles. The molecule has 0 aliphatic heterocycles. The molecule has 1 heterocycles. The highest BCUT2D eigenvalue weighted by molar-refractivity contribution is 5.81. The molecule has 6 nitrogen and oxygen atoms in total. The molecule has 0 amide bonds. The molecule has 0 N–H and O–H groups in total. The van der Waals surface area contributed by atoms with Crippen molar-refractivity contribution in [2.75, 3.05) is 27.6 Å². The van der Waals surface area contributed by atoms with Gasteiger partial charge in [-0.25, -0.2) is 0 Å². The lowest BCUT2D eigenvalue weighted by atomic mass is 10.2. The molecule has 0 aliphatic carbocycles. The Morgan fingerprint density at radius 1 is 1.35 bits per heavy atom. The molecule has 1 rings (SSSR count). The number of aromatic nitrogens is 1. The van der Waals surface area contributed by atoms with Crippen molar-refractivity contribution in [1.29, 1.82) is 0 Å². The summed E-state index contributed by atoms with van der Waals surface area (Å²) in [4.78, 5) is 14.9. The predicted molar refractivity (Wildman–Crippen MR) is 59.8 cm³/mol. The molecular weight excluding hydrogens is 226 g/mol. The first kappa shape index (κ1) is 13.2. The van der Waals surface area contributed by atoms with Gasteiger partial charge in [0.25, 0.3) is 5.88 Å². The summed E-state index contributed by atoms with van der Waals surface area (Å²) in [5.41, 5.74) is 0.299. The first-order valence-corrected chi connectivity index (χ1v) is 5.05. The molecule has 0 saturated heterocycles. The van der Waals surface area contributed by atoms with Gasteiger partial charge in [0.2, 0.25) is 5.88 Å². The van der Waals surface area contributed by atoms with Crippen molar-refractivity contribution in [2.24, 2.45) is 0 Å². The first-order chi connectivity index (χ1) is 8.26. The largest absolute Gasteiger partial charge is 0.481 e. The molecule has 0 radical (unpaired) electrons. The van der Waals surface area contributed by atoms with Crippen LogP contribution in [-0.2, 0) is 4.74 Å². The van der Waals surface area contributed by atoms with Crippen molar-refractivity contribution in [3.8, 4) is 17.5 Å². The van der Waals surface area contributed by atoms with Crippen LogP contribution in [0.1, 0.15) is 17.3 Å². The molecule has 17 heavy (non-hydrogen) atoms. The van der Waals surface area contributed by atoms with E-state index in [1.807, 2.05) is 6.92 Å².